The number of aromatic nitrogens is 2. The topological polar surface area (TPSA) is 36.3 Å². The summed E-state index contributed by atoms with van der Waals surface area (Å²) in [5.41, 5.74) is 5.65. The Labute approximate surface area is 213 Å². The van der Waals surface area contributed by atoms with Gasteiger partial charge in [0.2, 0.25) is 0 Å². The predicted octanol–water partition coefficient (Wildman–Crippen LogP) is 8.04. The van der Waals surface area contributed by atoms with Gasteiger partial charge in [0.25, 0.3) is 0 Å². The summed E-state index contributed by atoms with van der Waals surface area (Å²) in [4.78, 5) is 4.85. The van der Waals surface area contributed by atoms with Crippen molar-refractivity contribution in [2.24, 2.45) is 0 Å². The summed E-state index contributed by atoms with van der Waals surface area (Å²) in [6.45, 7) is 12.6. The van der Waals surface area contributed by atoms with Crippen LogP contribution in [0.25, 0.3) is 11.0 Å². The van der Waals surface area contributed by atoms with E-state index in [0.717, 1.165) is 63.9 Å². The highest BCUT2D eigenvalue weighted by Crippen LogP contribution is 2.27. The number of unbranched alkanes of at least 4 members (excludes halogenated alkanes) is 1. The normalized spacial score (nSPS) is 11.7. The van der Waals surface area contributed by atoms with Gasteiger partial charge in [-0.15, -0.1) is 0 Å². The van der Waals surface area contributed by atoms with Crippen LogP contribution in [-0.4, -0.2) is 16.2 Å². The molecule has 0 saturated carbocycles. The van der Waals surface area contributed by atoms with Crippen molar-refractivity contribution >= 4 is 22.6 Å². The SMILES string of the molecule is Cc1cc(OCCCCn2c(COc3ccc(C(C)(C)C)cc3)nc3ccccc32)cc(C)c1Cl. The molecule has 0 N–H and O–H groups in total. The lowest BCUT2D eigenvalue weighted by Gasteiger charge is -2.19. The number of hydrogen-bond donors (Lipinski definition) is 0. The molecule has 0 spiro atoms. The minimum Gasteiger partial charge on any atom is -0.494 e. The first-order chi connectivity index (χ1) is 16.7. The number of aryl methyl sites for hydroxylation is 3. The van der Waals surface area contributed by atoms with Crippen molar-refractivity contribution < 1.29 is 9.47 Å². The highest BCUT2D eigenvalue weighted by Gasteiger charge is 2.14. The molecule has 0 radical (unpaired) electrons. The van der Waals surface area contributed by atoms with Gasteiger partial charge in [0.05, 0.1) is 17.6 Å². The van der Waals surface area contributed by atoms with Crippen molar-refractivity contribution in [1.82, 2.24) is 9.55 Å². The summed E-state index contributed by atoms with van der Waals surface area (Å²) in [7, 11) is 0. The van der Waals surface area contributed by atoms with Gasteiger partial charge in [0, 0.05) is 11.6 Å². The fraction of sp³-hybridized carbons (Fsp3) is 0.367. The van der Waals surface area contributed by atoms with Gasteiger partial charge >= 0.3 is 0 Å². The van der Waals surface area contributed by atoms with E-state index in [2.05, 4.69) is 55.7 Å². The molecule has 0 unspecified atom stereocenters. The molecular formula is C30H35ClN2O2. The average Bonchev–Trinajstić information content (AvgIpc) is 3.18. The van der Waals surface area contributed by atoms with E-state index in [-0.39, 0.29) is 5.41 Å². The lowest BCUT2D eigenvalue weighted by Crippen LogP contribution is -2.11. The maximum atomic E-state index is 6.27. The number of nitrogens with zero attached hydrogens (tertiary/aromatic N) is 2. The minimum absolute atomic E-state index is 0.126. The van der Waals surface area contributed by atoms with Crippen molar-refractivity contribution in [1.29, 1.82) is 0 Å². The Morgan fingerprint density at radius 1 is 0.857 bits per heavy atom. The Bertz CT molecular complexity index is 1260. The van der Waals surface area contributed by atoms with Crippen LogP contribution in [0.1, 0.15) is 56.1 Å². The smallest absolute Gasteiger partial charge is 0.147 e. The Balaban J connectivity index is 1.37. The van der Waals surface area contributed by atoms with E-state index in [1.165, 1.54) is 5.56 Å². The molecule has 1 heterocycles. The summed E-state index contributed by atoms with van der Waals surface area (Å²) in [6.07, 6.45) is 1.93. The number of imidazole rings is 1. The van der Waals surface area contributed by atoms with Gasteiger partial charge in [-0.2, -0.15) is 0 Å². The molecule has 0 fully saturated rings. The Kier molecular flexibility index (Phi) is 7.71. The molecule has 0 saturated heterocycles. The number of benzene rings is 3. The van der Waals surface area contributed by atoms with Crippen molar-refractivity contribution in [2.45, 2.75) is 66.0 Å². The molecule has 35 heavy (non-hydrogen) atoms. The van der Waals surface area contributed by atoms with E-state index in [1.807, 2.05) is 44.2 Å². The first-order valence-corrected chi connectivity index (χ1v) is 12.7. The van der Waals surface area contributed by atoms with Crippen LogP contribution in [0.15, 0.2) is 60.7 Å². The summed E-state index contributed by atoms with van der Waals surface area (Å²) in [5.74, 6) is 2.68. The number of rotatable bonds is 9. The first-order valence-electron chi connectivity index (χ1n) is 12.3. The number of ether oxygens (including phenoxy) is 2. The molecular weight excluding hydrogens is 456 g/mol. The van der Waals surface area contributed by atoms with E-state index in [0.29, 0.717) is 13.2 Å². The quantitative estimate of drug-likeness (QED) is 0.223. The molecule has 1 aromatic heterocycles. The van der Waals surface area contributed by atoms with Gasteiger partial charge in [-0.3, -0.25) is 0 Å². The average molecular weight is 491 g/mol. The van der Waals surface area contributed by atoms with E-state index in [1.54, 1.807) is 0 Å². The largest absolute Gasteiger partial charge is 0.494 e. The molecule has 184 valence electrons. The van der Waals surface area contributed by atoms with Crippen LogP contribution >= 0.6 is 11.6 Å². The molecule has 0 atom stereocenters. The number of halogens is 1. The van der Waals surface area contributed by atoms with Crippen molar-refractivity contribution in [3.05, 3.63) is 88.2 Å². The van der Waals surface area contributed by atoms with Crippen molar-refractivity contribution in [2.75, 3.05) is 6.61 Å². The van der Waals surface area contributed by atoms with Crippen LogP contribution in [-0.2, 0) is 18.6 Å². The van der Waals surface area contributed by atoms with E-state index < -0.39 is 0 Å². The predicted molar refractivity (Wildman–Crippen MR) is 145 cm³/mol. The molecule has 0 aliphatic rings. The number of para-hydroxylation sites is 2. The molecule has 4 rings (SSSR count). The van der Waals surface area contributed by atoms with Crippen LogP contribution in [0.4, 0.5) is 0 Å². The second-order valence-corrected chi connectivity index (χ2v) is 10.5. The molecule has 4 nitrogen and oxygen atoms in total. The summed E-state index contributed by atoms with van der Waals surface area (Å²) >= 11 is 6.27. The maximum Gasteiger partial charge on any atom is 0.147 e. The fourth-order valence-electron chi connectivity index (χ4n) is 4.24. The zero-order valence-electron chi connectivity index (χ0n) is 21.4. The van der Waals surface area contributed by atoms with Gasteiger partial charge in [-0.1, -0.05) is 56.6 Å². The Hall–Kier alpha value is -2.98. The molecule has 0 bridgehead atoms. The van der Waals surface area contributed by atoms with Gasteiger partial charge in [0.1, 0.15) is 23.9 Å². The second kappa shape index (κ2) is 10.7. The van der Waals surface area contributed by atoms with Gasteiger partial charge < -0.3 is 14.0 Å². The van der Waals surface area contributed by atoms with Gasteiger partial charge in [-0.25, -0.2) is 4.98 Å². The van der Waals surface area contributed by atoms with E-state index in [4.69, 9.17) is 26.1 Å². The van der Waals surface area contributed by atoms with Crippen LogP contribution in [0.2, 0.25) is 5.02 Å². The molecule has 0 amide bonds. The first kappa shape index (κ1) is 25.1. The third-order valence-corrected chi connectivity index (χ3v) is 6.87. The molecule has 0 aliphatic carbocycles. The van der Waals surface area contributed by atoms with Crippen molar-refractivity contribution in [3.8, 4) is 11.5 Å². The Morgan fingerprint density at radius 2 is 1.54 bits per heavy atom. The van der Waals surface area contributed by atoms with Crippen LogP contribution in [0.5, 0.6) is 11.5 Å². The Morgan fingerprint density at radius 3 is 2.23 bits per heavy atom. The summed E-state index contributed by atoms with van der Waals surface area (Å²) in [5, 5.41) is 0.809. The summed E-state index contributed by atoms with van der Waals surface area (Å²) in [6, 6.07) is 20.6. The number of hydrogen-bond acceptors (Lipinski definition) is 3. The standard InChI is InChI=1S/C30H35ClN2O2/c1-21-18-25(19-22(2)29(21)31)34-17-9-8-16-33-27-11-7-6-10-26(27)32-28(33)20-35-24-14-12-23(13-15-24)30(3,4)5/h6-7,10-15,18-19H,8-9,16-17,20H2,1-5H3. The van der Waals surface area contributed by atoms with E-state index >= 15 is 0 Å². The van der Waals surface area contributed by atoms with Gasteiger partial charge in [0.15, 0.2) is 0 Å². The third kappa shape index (κ3) is 6.18. The highest BCUT2D eigenvalue weighted by atomic mass is 35.5. The zero-order chi connectivity index (χ0) is 25.0. The van der Waals surface area contributed by atoms with Crippen LogP contribution in [0.3, 0.4) is 0 Å². The monoisotopic (exact) mass is 490 g/mol. The fourth-order valence-corrected chi connectivity index (χ4v) is 4.34. The van der Waals surface area contributed by atoms with Crippen molar-refractivity contribution in [3.63, 3.8) is 0 Å². The third-order valence-electron chi connectivity index (χ3n) is 6.28. The van der Waals surface area contributed by atoms with Gasteiger partial charge in [-0.05, 0) is 85.2 Å². The molecule has 4 aromatic rings. The zero-order valence-corrected chi connectivity index (χ0v) is 22.2. The maximum absolute atomic E-state index is 6.27. The highest BCUT2D eigenvalue weighted by molar-refractivity contribution is 6.32. The summed E-state index contributed by atoms with van der Waals surface area (Å²) < 4.78 is 14.4. The second-order valence-electron chi connectivity index (χ2n) is 10.2. The van der Waals surface area contributed by atoms with Crippen LogP contribution in [0, 0.1) is 13.8 Å². The molecule has 0 aliphatic heterocycles. The lowest BCUT2D eigenvalue weighted by molar-refractivity contribution is 0.285. The minimum atomic E-state index is 0.126. The van der Waals surface area contributed by atoms with E-state index in [9.17, 15) is 0 Å². The van der Waals surface area contributed by atoms with Crippen LogP contribution < -0.4 is 9.47 Å². The lowest BCUT2D eigenvalue weighted by atomic mass is 9.87. The number of fused-ring (bicyclic) bond motifs is 1. The molecule has 5 heteroatoms. The molecule has 3 aromatic carbocycles.